The van der Waals surface area contributed by atoms with E-state index in [0.717, 1.165) is 6.54 Å². The number of rotatable bonds is 2. The van der Waals surface area contributed by atoms with Crippen LogP contribution in [0.2, 0.25) is 0 Å². The molecule has 0 unspecified atom stereocenters. The van der Waals surface area contributed by atoms with E-state index in [2.05, 4.69) is 10.3 Å². The Balaban J connectivity index is 2.93. The molecule has 1 heterocycles. The average Bonchev–Trinajstić information content (AvgIpc) is 1.98. The van der Waals surface area contributed by atoms with Crippen molar-refractivity contribution in [3.8, 4) is 0 Å². The molecule has 1 aromatic rings. The minimum atomic E-state index is 0.482. The number of nitrogens with zero attached hydrogens (tertiary/aromatic N) is 1. The van der Waals surface area contributed by atoms with Gasteiger partial charge in [-0.2, -0.15) is 0 Å². The molecule has 0 saturated carbocycles. The first kappa shape index (κ1) is 7.65. The normalized spacial score (nSPS) is 9.55. The zero-order valence-corrected chi connectivity index (χ0v) is 6.46. The summed E-state index contributed by atoms with van der Waals surface area (Å²) in [5.41, 5.74) is 11.7. The van der Waals surface area contributed by atoms with E-state index in [1.54, 1.807) is 12.1 Å². The summed E-state index contributed by atoms with van der Waals surface area (Å²) in [4.78, 5) is 4.00. The summed E-state index contributed by atoms with van der Waals surface area (Å²) < 4.78 is 0. The van der Waals surface area contributed by atoms with E-state index in [4.69, 9.17) is 11.5 Å². The van der Waals surface area contributed by atoms with Crippen LogP contribution in [0, 0.1) is 0 Å². The molecule has 1 rings (SSSR count). The molecule has 0 aromatic carbocycles. The molecule has 0 radical (unpaired) electrons. The zero-order valence-electron chi connectivity index (χ0n) is 6.46. The van der Waals surface area contributed by atoms with Gasteiger partial charge in [0.25, 0.3) is 0 Å². The van der Waals surface area contributed by atoms with Crippen molar-refractivity contribution in [2.75, 3.05) is 23.3 Å². The summed E-state index contributed by atoms with van der Waals surface area (Å²) in [5, 5.41) is 3.00. The third kappa shape index (κ3) is 1.73. The summed E-state index contributed by atoms with van der Waals surface area (Å²) in [6, 6.07) is 3.41. The van der Waals surface area contributed by atoms with Gasteiger partial charge in [-0.25, -0.2) is 4.98 Å². The number of hydrogen-bond acceptors (Lipinski definition) is 4. The van der Waals surface area contributed by atoms with Gasteiger partial charge < -0.3 is 16.8 Å². The fourth-order valence-electron chi connectivity index (χ4n) is 0.794. The van der Waals surface area contributed by atoms with Crippen molar-refractivity contribution in [3.05, 3.63) is 12.1 Å². The molecular weight excluding hydrogens is 140 g/mol. The summed E-state index contributed by atoms with van der Waals surface area (Å²) in [5.74, 6) is 1.14. The van der Waals surface area contributed by atoms with Gasteiger partial charge in [-0.1, -0.05) is 0 Å². The van der Waals surface area contributed by atoms with Gasteiger partial charge in [0.05, 0.1) is 5.69 Å². The molecule has 0 aliphatic rings. The number of anilines is 3. The molecule has 4 nitrogen and oxygen atoms in total. The lowest BCUT2D eigenvalue weighted by Crippen LogP contribution is -2.04. The Labute approximate surface area is 65.6 Å². The molecule has 0 bridgehead atoms. The van der Waals surface area contributed by atoms with Crippen LogP contribution in [0.4, 0.5) is 17.3 Å². The monoisotopic (exact) mass is 152 g/mol. The fraction of sp³-hybridized carbons (Fsp3) is 0.286. The highest BCUT2D eigenvalue weighted by Gasteiger charge is 1.97. The third-order valence-corrected chi connectivity index (χ3v) is 1.29. The second-order valence-corrected chi connectivity index (χ2v) is 2.20. The van der Waals surface area contributed by atoms with Crippen LogP contribution in [0.3, 0.4) is 0 Å². The number of hydrogen-bond donors (Lipinski definition) is 3. The maximum atomic E-state index is 5.59. The molecule has 4 heteroatoms. The van der Waals surface area contributed by atoms with Crippen molar-refractivity contribution in [2.24, 2.45) is 0 Å². The van der Waals surface area contributed by atoms with E-state index in [9.17, 15) is 0 Å². The van der Waals surface area contributed by atoms with E-state index >= 15 is 0 Å². The average molecular weight is 152 g/mol. The largest absolute Gasteiger partial charge is 0.396 e. The Morgan fingerprint density at radius 3 is 2.82 bits per heavy atom. The van der Waals surface area contributed by atoms with E-state index in [0.29, 0.717) is 17.3 Å². The Hall–Kier alpha value is -1.45. The predicted molar refractivity (Wildman–Crippen MR) is 47.2 cm³/mol. The van der Waals surface area contributed by atoms with Crippen LogP contribution < -0.4 is 16.8 Å². The zero-order chi connectivity index (χ0) is 8.27. The topological polar surface area (TPSA) is 77.0 Å². The van der Waals surface area contributed by atoms with Gasteiger partial charge in [0.2, 0.25) is 0 Å². The van der Waals surface area contributed by atoms with Crippen molar-refractivity contribution in [3.63, 3.8) is 0 Å². The molecule has 0 spiro atoms. The van der Waals surface area contributed by atoms with Crippen molar-refractivity contribution < 1.29 is 0 Å². The SMILES string of the molecule is CCNc1nc(N)ccc1N. The first-order valence-corrected chi connectivity index (χ1v) is 3.50. The molecule has 0 amide bonds. The van der Waals surface area contributed by atoms with Gasteiger partial charge in [-0.3, -0.25) is 0 Å². The Kier molecular flexibility index (Phi) is 2.15. The van der Waals surface area contributed by atoms with Crippen LogP contribution >= 0.6 is 0 Å². The summed E-state index contributed by atoms with van der Waals surface area (Å²) in [6.45, 7) is 2.77. The highest BCUT2D eigenvalue weighted by Crippen LogP contribution is 2.15. The Bertz CT molecular complexity index is 246. The summed E-state index contributed by atoms with van der Waals surface area (Å²) in [7, 11) is 0. The van der Waals surface area contributed by atoms with Crippen molar-refractivity contribution in [1.82, 2.24) is 4.98 Å². The standard InChI is InChI=1S/C7H12N4/c1-2-10-7-5(8)3-4-6(9)11-7/h3-4H,2,8H2,1H3,(H3,9,10,11). The van der Waals surface area contributed by atoms with Crippen LogP contribution in [0.25, 0.3) is 0 Å². The molecular formula is C7H12N4. The minimum absolute atomic E-state index is 0.482. The first-order valence-electron chi connectivity index (χ1n) is 3.50. The van der Waals surface area contributed by atoms with Crippen molar-refractivity contribution >= 4 is 17.3 Å². The molecule has 1 aromatic heterocycles. The van der Waals surface area contributed by atoms with Crippen LogP contribution in [-0.4, -0.2) is 11.5 Å². The maximum Gasteiger partial charge on any atom is 0.151 e. The van der Waals surface area contributed by atoms with Gasteiger partial charge in [0, 0.05) is 6.54 Å². The van der Waals surface area contributed by atoms with Crippen molar-refractivity contribution in [1.29, 1.82) is 0 Å². The van der Waals surface area contributed by atoms with Gasteiger partial charge in [0.15, 0.2) is 5.82 Å². The van der Waals surface area contributed by atoms with E-state index in [-0.39, 0.29) is 0 Å². The fourth-order valence-corrected chi connectivity index (χ4v) is 0.794. The minimum Gasteiger partial charge on any atom is -0.396 e. The second kappa shape index (κ2) is 3.09. The molecule has 0 fully saturated rings. The molecule has 60 valence electrons. The highest BCUT2D eigenvalue weighted by atomic mass is 15.0. The van der Waals surface area contributed by atoms with Gasteiger partial charge >= 0.3 is 0 Å². The molecule has 0 atom stereocenters. The lowest BCUT2D eigenvalue weighted by molar-refractivity contribution is 1.17. The smallest absolute Gasteiger partial charge is 0.151 e. The lowest BCUT2D eigenvalue weighted by atomic mass is 10.4. The molecule has 11 heavy (non-hydrogen) atoms. The van der Waals surface area contributed by atoms with Crippen LogP contribution in [-0.2, 0) is 0 Å². The van der Waals surface area contributed by atoms with Crippen LogP contribution in [0.15, 0.2) is 12.1 Å². The van der Waals surface area contributed by atoms with E-state index < -0.39 is 0 Å². The first-order chi connectivity index (χ1) is 5.24. The second-order valence-electron chi connectivity index (χ2n) is 2.20. The molecule has 0 aliphatic carbocycles. The molecule has 0 saturated heterocycles. The van der Waals surface area contributed by atoms with Gasteiger partial charge in [0.1, 0.15) is 5.82 Å². The van der Waals surface area contributed by atoms with Crippen LogP contribution in [0.5, 0.6) is 0 Å². The number of pyridine rings is 1. The number of nitrogens with two attached hydrogens (primary N) is 2. The number of aromatic nitrogens is 1. The molecule has 5 N–H and O–H groups in total. The van der Waals surface area contributed by atoms with Crippen molar-refractivity contribution in [2.45, 2.75) is 6.92 Å². The van der Waals surface area contributed by atoms with Crippen LogP contribution in [0.1, 0.15) is 6.92 Å². The third-order valence-electron chi connectivity index (χ3n) is 1.29. The quantitative estimate of drug-likeness (QED) is 0.582. The Morgan fingerprint density at radius 1 is 1.45 bits per heavy atom. The highest BCUT2D eigenvalue weighted by molar-refractivity contribution is 5.63. The Morgan fingerprint density at radius 2 is 2.18 bits per heavy atom. The number of nitrogens with one attached hydrogen (secondary N) is 1. The lowest BCUT2D eigenvalue weighted by Gasteiger charge is -2.05. The number of nitrogen functional groups attached to an aromatic ring is 2. The van der Waals surface area contributed by atoms with Gasteiger partial charge in [-0.15, -0.1) is 0 Å². The predicted octanol–water partition coefficient (Wildman–Crippen LogP) is 0.678. The molecule has 0 aliphatic heterocycles. The van der Waals surface area contributed by atoms with E-state index in [1.165, 1.54) is 0 Å². The summed E-state index contributed by atoms with van der Waals surface area (Å²) in [6.07, 6.45) is 0. The van der Waals surface area contributed by atoms with E-state index in [1.807, 2.05) is 6.92 Å². The van der Waals surface area contributed by atoms with Gasteiger partial charge in [-0.05, 0) is 19.1 Å². The summed E-state index contributed by atoms with van der Waals surface area (Å²) >= 11 is 0. The maximum absolute atomic E-state index is 5.59.